The predicted octanol–water partition coefficient (Wildman–Crippen LogP) is 4.42. The van der Waals surface area contributed by atoms with Crippen molar-refractivity contribution in [3.63, 3.8) is 0 Å². The topological polar surface area (TPSA) is 29.5 Å². The summed E-state index contributed by atoms with van der Waals surface area (Å²) >= 11 is 0. The van der Waals surface area contributed by atoms with Gasteiger partial charge in [-0.3, -0.25) is 4.79 Å². The van der Waals surface area contributed by atoms with Crippen molar-refractivity contribution < 1.29 is 13.9 Å². The Balaban J connectivity index is 1.91. The molecule has 0 saturated heterocycles. The molecule has 3 nitrogen and oxygen atoms in total. The Hall–Kier alpha value is -2.36. The number of benzene rings is 2. The van der Waals surface area contributed by atoms with Crippen LogP contribution in [-0.4, -0.2) is 23.5 Å². The highest BCUT2D eigenvalue weighted by atomic mass is 19.1. The zero-order valence-electron chi connectivity index (χ0n) is 14.2. The van der Waals surface area contributed by atoms with Crippen LogP contribution in [0.4, 0.5) is 4.39 Å². The number of amides is 1. The van der Waals surface area contributed by atoms with Crippen molar-refractivity contribution in [3.8, 4) is 5.75 Å². The Morgan fingerprint density at radius 3 is 2.42 bits per heavy atom. The number of ether oxygens (including phenoxy) is 1. The van der Waals surface area contributed by atoms with Crippen molar-refractivity contribution >= 4 is 5.91 Å². The molecule has 0 heterocycles. The van der Waals surface area contributed by atoms with Gasteiger partial charge in [-0.25, -0.2) is 4.39 Å². The van der Waals surface area contributed by atoms with E-state index in [-0.39, 0.29) is 24.4 Å². The zero-order valence-corrected chi connectivity index (χ0v) is 14.2. The zero-order chi connectivity index (χ0) is 17.4. The highest BCUT2D eigenvalue weighted by Crippen LogP contribution is 2.14. The Kier molecular flexibility index (Phi) is 6.79. The summed E-state index contributed by atoms with van der Waals surface area (Å²) in [7, 11) is 0. The lowest BCUT2D eigenvalue weighted by molar-refractivity contribution is -0.134. The van der Waals surface area contributed by atoms with Crippen LogP contribution in [-0.2, 0) is 11.3 Å². The van der Waals surface area contributed by atoms with E-state index >= 15 is 0 Å². The second kappa shape index (κ2) is 9.06. The monoisotopic (exact) mass is 329 g/mol. The van der Waals surface area contributed by atoms with E-state index in [1.807, 2.05) is 35.2 Å². The van der Waals surface area contributed by atoms with E-state index in [9.17, 15) is 9.18 Å². The van der Waals surface area contributed by atoms with E-state index in [1.165, 1.54) is 12.1 Å². The van der Waals surface area contributed by atoms with Crippen molar-refractivity contribution in [1.29, 1.82) is 0 Å². The molecular weight excluding hydrogens is 305 g/mol. The minimum absolute atomic E-state index is 0.0651. The molecule has 1 amide bonds. The van der Waals surface area contributed by atoms with E-state index in [2.05, 4.69) is 13.8 Å². The van der Waals surface area contributed by atoms with E-state index in [0.717, 1.165) is 12.0 Å². The van der Waals surface area contributed by atoms with Gasteiger partial charge >= 0.3 is 0 Å². The van der Waals surface area contributed by atoms with Crippen molar-refractivity contribution in [1.82, 2.24) is 4.90 Å². The summed E-state index contributed by atoms with van der Waals surface area (Å²) in [5.74, 6) is 0.335. The minimum atomic E-state index is -0.302. The summed E-state index contributed by atoms with van der Waals surface area (Å²) in [4.78, 5) is 14.5. The van der Waals surface area contributed by atoms with Crippen LogP contribution in [0.3, 0.4) is 0 Å². The van der Waals surface area contributed by atoms with E-state index in [1.54, 1.807) is 12.1 Å². The Morgan fingerprint density at radius 1 is 1.12 bits per heavy atom. The normalized spacial score (nSPS) is 11.8. The number of halogens is 1. The SMILES string of the molecule is CCC(C)N(Cc1ccccc1)C(=O)CCOc1ccc(F)cc1. The summed E-state index contributed by atoms with van der Waals surface area (Å²) < 4.78 is 18.4. The van der Waals surface area contributed by atoms with Gasteiger partial charge in [-0.2, -0.15) is 0 Å². The molecule has 24 heavy (non-hydrogen) atoms. The second-order valence-corrected chi connectivity index (χ2v) is 5.82. The lowest BCUT2D eigenvalue weighted by Crippen LogP contribution is -2.38. The molecule has 1 unspecified atom stereocenters. The average Bonchev–Trinajstić information content (AvgIpc) is 2.61. The van der Waals surface area contributed by atoms with Gasteiger partial charge in [0.25, 0.3) is 0 Å². The summed E-state index contributed by atoms with van der Waals surface area (Å²) in [6.07, 6.45) is 1.20. The maximum Gasteiger partial charge on any atom is 0.226 e. The van der Waals surface area contributed by atoms with Gasteiger partial charge in [0.15, 0.2) is 0 Å². The Bertz CT molecular complexity index is 628. The summed E-state index contributed by atoms with van der Waals surface area (Å²) in [6, 6.07) is 16.0. The molecule has 0 aromatic heterocycles. The highest BCUT2D eigenvalue weighted by Gasteiger charge is 2.19. The quantitative estimate of drug-likeness (QED) is 0.717. The molecule has 0 aliphatic heterocycles. The molecule has 0 bridgehead atoms. The number of hydrogen-bond donors (Lipinski definition) is 0. The van der Waals surface area contributed by atoms with Crippen LogP contribution >= 0.6 is 0 Å². The smallest absolute Gasteiger partial charge is 0.226 e. The number of nitrogens with zero attached hydrogens (tertiary/aromatic N) is 1. The van der Waals surface area contributed by atoms with Crippen molar-refractivity contribution in [2.75, 3.05) is 6.61 Å². The third-order valence-electron chi connectivity index (χ3n) is 4.04. The van der Waals surface area contributed by atoms with Crippen LogP contribution in [0, 0.1) is 5.82 Å². The molecule has 2 rings (SSSR count). The first-order valence-electron chi connectivity index (χ1n) is 8.32. The van der Waals surface area contributed by atoms with Crippen LogP contribution in [0.1, 0.15) is 32.3 Å². The average molecular weight is 329 g/mol. The molecule has 2 aromatic rings. The lowest BCUT2D eigenvalue weighted by Gasteiger charge is -2.29. The van der Waals surface area contributed by atoms with Crippen LogP contribution in [0.5, 0.6) is 5.75 Å². The van der Waals surface area contributed by atoms with Gasteiger partial charge in [-0.05, 0) is 43.2 Å². The van der Waals surface area contributed by atoms with Crippen LogP contribution in [0.2, 0.25) is 0 Å². The first-order valence-corrected chi connectivity index (χ1v) is 8.32. The Morgan fingerprint density at radius 2 is 1.79 bits per heavy atom. The molecule has 0 saturated carbocycles. The van der Waals surface area contributed by atoms with Gasteiger partial charge in [-0.15, -0.1) is 0 Å². The predicted molar refractivity (Wildman–Crippen MR) is 93.3 cm³/mol. The van der Waals surface area contributed by atoms with E-state index in [0.29, 0.717) is 18.7 Å². The highest BCUT2D eigenvalue weighted by molar-refractivity contribution is 5.76. The van der Waals surface area contributed by atoms with Gasteiger partial charge in [-0.1, -0.05) is 37.3 Å². The van der Waals surface area contributed by atoms with Gasteiger partial charge in [0.05, 0.1) is 13.0 Å². The Labute approximate surface area is 143 Å². The van der Waals surface area contributed by atoms with Crippen molar-refractivity contribution in [2.24, 2.45) is 0 Å². The van der Waals surface area contributed by atoms with Gasteiger partial charge in [0.1, 0.15) is 11.6 Å². The lowest BCUT2D eigenvalue weighted by atomic mass is 10.1. The van der Waals surface area contributed by atoms with Crippen LogP contribution in [0.25, 0.3) is 0 Å². The first-order chi connectivity index (χ1) is 11.6. The molecule has 2 aromatic carbocycles. The second-order valence-electron chi connectivity index (χ2n) is 5.82. The van der Waals surface area contributed by atoms with Gasteiger partial charge in [0, 0.05) is 12.6 Å². The van der Waals surface area contributed by atoms with E-state index < -0.39 is 0 Å². The third-order valence-corrected chi connectivity index (χ3v) is 4.04. The van der Waals surface area contributed by atoms with Crippen LogP contribution < -0.4 is 4.74 Å². The van der Waals surface area contributed by atoms with Gasteiger partial charge in [0.2, 0.25) is 5.91 Å². The fraction of sp³-hybridized carbons (Fsp3) is 0.350. The number of carbonyl (C=O) groups excluding carboxylic acids is 1. The molecule has 0 fully saturated rings. The number of rotatable bonds is 8. The maximum atomic E-state index is 12.9. The minimum Gasteiger partial charge on any atom is -0.493 e. The fourth-order valence-corrected chi connectivity index (χ4v) is 2.42. The number of hydrogen-bond acceptors (Lipinski definition) is 2. The standard InChI is InChI=1S/C20H24FNO2/c1-3-16(2)22(15-17-7-5-4-6-8-17)20(23)13-14-24-19-11-9-18(21)10-12-19/h4-12,16H,3,13-15H2,1-2H3. The molecule has 0 spiro atoms. The summed E-state index contributed by atoms with van der Waals surface area (Å²) in [6.45, 7) is 5.02. The molecule has 0 radical (unpaired) electrons. The van der Waals surface area contributed by atoms with Crippen molar-refractivity contribution in [2.45, 2.75) is 39.3 Å². The molecule has 4 heteroatoms. The fourth-order valence-electron chi connectivity index (χ4n) is 2.42. The van der Waals surface area contributed by atoms with Gasteiger partial charge < -0.3 is 9.64 Å². The molecular formula is C20H24FNO2. The summed E-state index contributed by atoms with van der Waals surface area (Å²) in [5.41, 5.74) is 1.12. The first kappa shape index (κ1) is 18.0. The largest absolute Gasteiger partial charge is 0.493 e. The van der Waals surface area contributed by atoms with Crippen LogP contribution in [0.15, 0.2) is 54.6 Å². The van der Waals surface area contributed by atoms with E-state index in [4.69, 9.17) is 4.74 Å². The molecule has 128 valence electrons. The number of carbonyl (C=O) groups is 1. The third kappa shape index (κ3) is 5.37. The summed E-state index contributed by atoms with van der Waals surface area (Å²) in [5, 5.41) is 0. The molecule has 0 N–H and O–H groups in total. The van der Waals surface area contributed by atoms with Crippen molar-refractivity contribution in [3.05, 3.63) is 66.0 Å². The molecule has 0 aliphatic rings. The molecule has 1 atom stereocenters. The maximum absolute atomic E-state index is 12.9. The molecule has 0 aliphatic carbocycles.